The van der Waals surface area contributed by atoms with Crippen LogP contribution >= 0.6 is 11.3 Å². The number of nitrogens with zero attached hydrogens (tertiary/aromatic N) is 1. The number of aromatic nitrogens is 1. The predicted molar refractivity (Wildman–Crippen MR) is 145 cm³/mol. The number of phenols is 1. The lowest BCUT2D eigenvalue weighted by molar-refractivity contribution is -0.144. The number of fused-ring (bicyclic) bond motifs is 2. The van der Waals surface area contributed by atoms with E-state index in [1.807, 2.05) is 13.0 Å². The molecular formula is C29H33F2N3O4S. The van der Waals surface area contributed by atoms with Gasteiger partial charge < -0.3 is 26.0 Å². The molecule has 7 nitrogen and oxygen atoms in total. The Morgan fingerprint density at radius 3 is 2.62 bits per heavy atom. The SMILES string of the molecule is C[C@]1(CO)[C@H]2Cc3sc(Nc4cccc(O)c4)nc3[C@@H](CC(=O)NCc3cc(F)cc(F)c3)[C@]2(C)CC[C@H]1O. The molecule has 2 aliphatic carbocycles. The van der Waals surface area contributed by atoms with Gasteiger partial charge in [0.15, 0.2) is 5.13 Å². The van der Waals surface area contributed by atoms with E-state index in [-0.39, 0.29) is 43.1 Å². The summed E-state index contributed by atoms with van der Waals surface area (Å²) in [6, 6.07) is 9.89. The van der Waals surface area contributed by atoms with Crippen molar-refractivity contribution in [3.05, 3.63) is 70.2 Å². The van der Waals surface area contributed by atoms with Crippen LogP contribution < -0.4 is 10.6 Å². The fourth-order valence-electron chi connectivity index (χ4n) is 6.58. The van der Waals surface area contributed by atoms with Gasteiger partial charge >= 0.3 is 0 Å². The highest BCUT2D eigenvalue weighted by molar-refractivity contribution is 7.15. The van der Waals surface area contributed by atoms with E-state index < -0.39 is 28.6 Å². The quantitative estimate of drug-likeness (QED) is 0.280. The summed E-state index contributed by atoms with van der Waals surface area (Å²) in [5.41, 5.74) is 0.639. The van der Waals surface area contributed by atoms with Crippen molar-refractivity contribution in [2.24, 2.45) is 16.7 Å². The van der Waals surface area contributed by atoms with Crippen molar-refractivity contribution in [1.29, 1.82) is 0 Å². The number of nitrogens with one attached hydrogen (secondary N) is 2. The van der Waals surface area contributed by atoms with Crippen LogP contribution in [0.15, 0.2) is 42.5 Å². The Labute approximate surface area is 229 Å². The third-order valence-electron chi connectivity index (χ3n) is 8.79. The number of rotatable bonds is 7. The zero-order valence-electron chi connectivity index (χ0n) is 21.9. The van der Waals surface area contributed by atoms with Gasteiger partial charge in [0.05, 0.1) is 18.4 Å². The molecule has 2 aliphatic rings. The zero-order valence-corrected chi connectivity index (χ0v) is 22.7. The highest BCUT2D eigenvalue weighted by Crippen LogP contribution is 2.62. The first-order valence-electron chi connectivity index (χ1n) is 13.1. The first-order valence-corrected chi connectivity index (χ1v) is 13.9. The number of amides is 1. The Morgan fingerprint density at radius 1 is 1.18 bits per heavy atom. The van der Waals surface area contributed by atoms with Gasteiger partial charge in [-0.2, -0.15) is 0 Å². The summed E-state index contributed by atoms with van der Waals surface area (Å²) in [5, 5.41) is 37.9. The first-order chi connectivity index (χ1) is 18.5. The summed E-state index contributed by atoms with van der Waals surface area (Å²) in [4.78, 5) is 19.1. The van der Waals surface area contributed by atoms with Gasteiger partial charge in [-0.15, -0.1) is 11.3 Å². The predicted octanol–water partition coefficient (Wildman–Crippen LogP) is 4.99. The molecule has 1 heterocycles. The van der Waals surface area contributed by atoms with Crippen molar-refractivity contribution in [3.8, 4) is 5.75 Å². The van der Waals surface area contributed by atoms with Gasteiger partial charge in [0, 0.05) is 47.0 Å². The number of halogens is 2. The highest BCUT2D eigenvalue weighted by atomic mass is 32.1. The van der Waals surface area contributed by atoms with Crippen molar-refractivity contribution in [2.45, 2.75) is 58.1 Å². The number of benzene rings is 2. The topological polar surface area (TPSA) is 115 Å². The number of aromatic hydroxyl groups is 1. The number of phenolic OH excluding ortho intramolecular Hbond substituents is 1. The molecule has 5 rings (SSSR count). The number of aliphatic hydroxyl groups excluding tert-OH is 2. The van der Waals surface area contributed by atoms with Gasteiger partial charge in [0.2, 0.25) is 5.91 Å². The number of hydrogen-bond donors (Lipinski definition) is 5. The van der Waals surface area contributed by atoms with Crippen LogP contribution in [0.1, 0.15) is 55.2 Å². The average Bonchev–Trinajstić information content (AvgIpc) is 3.28. The number of hydrogen-bond acceptors (Lipinski definition) is 7. The van der Waals surface area contributed by atoms with Crippen LogP contribution in [0.25, 0.3) is 0 Å². The van der Waals surface area contributed by atoms with Crippen molar-refractivity contribution in [2.75, 3.05) is 11.9 Å². The maximum atomic E-state index is 13.6. The Kier molecular flexibility index (Phi) is 7.39. The van der Waals surface area contributed by atoms with E-state index in [9.17, 15) is 28.9 Å². The lowest BCUT2D eigenvalue weighted by atomic mass is 9.47. The molecule has 2 aromatic carbocycles. The largest absolute Gasteiger partial charge is 0.508 e. The summed E-state index contributed by atoms with van der Waals surface area (Å²) in [6.07, 6.45) is 1.20. The molecule has 0 aliphatic heterocycles. The summed E-state index contributed by atoms with van der Waals surface area (Å²) in [6.45, 7) is 3.83. The molecule has 0 radical (unpaired) electrons. The van der Waals surface area contributed by atoms with Crippen molar-refractivity contribution in [3.63, 3.8) is 0 Å². The lowest BCUT2D eigenvalue weighted by Crippen LogP contribution is -2.57. The molecular weight excluding hydrogens is 524 g/mol. The summed E-state index contributed by atoms with van der Waals surface area (Å²) >= 11 is 1.47. The van der Waals surface area contributed by atoms with Gasteiger partial charge in [0.1, 0.15) is 17.4 Å². The molecule has 5 atom stereocenters. The number of thiazole rings is 1. The van der Waals surface area contributed by atoms with E-state index in [1.165, 1.54) is 23.5 Å². The van der Waals surface area contributed by atoms with Gasteiger partial charge in [-0.05, 0) is 60.4 Å². The molecule has 208 valence electrons. The molecule has 5 N–H and O–H groups in total. The van der Waals surface area contributed by atoms with Crippen LogP contribution in [-0.2, 0) is 17.8 Å². The number of carbonyl (C=O) groups is 1. The van der Waals surface area contributed by atoms with Crippen molar-refractivity contribution >= 4 is 28.1 Å². The van der Waals surface area contributed by atoms with Gasteiger partial charge in [-0.3, -0.25) is 4.79 Å². The average molecular weight is 558 g/mol. The van der Waals surface area contributed by atoms with Crippen molar-refractivity contribution in [1.82, 2.24) is 10.3 Å². The summed E-state index contributed by atoms with van der Waals surface area (Å²) in [7, 11) is 0. The minimum Gasteiger partial charge on any atom is -0.508 e. The van der Waals surface area contributed by atoms with Gasteiger partial charge in [-0.1, -0.05) is 19.9 Å². The fourth-order valence-corrected chi connectivity index (χ4v) is 7.67. The smallest absolute Gasteiger partial charge is 0.220 e. The number of anilines is 2. The molecule has 0 saturated heterocycles. The second kappa shape index (κ2) is 10.5. The third-order valence-corrected chi connectivity index (χ3v) is 9.80. The van der Waals surface area contributed by atoms with Crippen molar-refractivity contribution < 1.29 is 28.9 Å². The molecule has 0 bridgehead atoms. The van der Waals surface area contributed by atoms with E-state index in [4.69, 9.17) is 4.98 Å². The molecule has 1 fully saturated rings. The minimum atomic E-state index is -0.749. The molecule has 3 aromatic rings. The second-order valence-corrected chi connectivity index (χ2v) is 12.4. The Morgan fingerprint density at radius 2 is 1.92 bits per heavy atom. The van der Waals surface area contributed by atoms with Crippen LogP contribution in [0.2, 0.25) is 0 Å². The standard InChI is InChI=1S/C29H33F2N3O4S/c1-28-7-6-24(37)29(2,15-35)23(28)13-22-26(34-27(39-22)33-19-4-3-5-20(36)11-19)21(28)12-25(38)32-14-16-8-17(30)10-18(31)9-16/h3-5,8-11,21,23-24,35-37H,6-7,12-15H2,1-2H3,(H,32,38)(H,33,34)/t21-,23+,24-,28+,29+/m1/s1. The Balaban J connectivity index is 1.46. The molecule has 10 heteroatoms. The molecule has 39 heavy (non-hydrogen) atoms. The van der Waals surface area contributed by atoms with E-state index in [0.717, 1.165) is 16.6 Å². The Hall–Kier alpha value is -3.08. The van der Waals surface area contributed by atoms with Crippen LogP contribution in [0.3, 0.4) is 0 Å². The lowest BCUT2D eigenvalue weighted by Gasteiger charge is -2.58. The molecule has 0 spiro atoms. The van der Waals surface area contributed by atoms with Crippen LogP contribution in [0, 0.1) is 28.4 Å². The van der Waals surface area contributed by atoms with E-state index in [1.54, 1.807) is 18.2 Å². The molecule has 0 unspecified atom stereocenters. The third kappa shape index (κ3) is 5.25. The summed E-state index contributed by atoms with van der Waals surface area (Å²) in [5.74, 6) is -1.96. The maximum absolute atomic E-state index is 13.6. The van der Waals surface area contributed by atoms with E-state index in [2.05, 4.69) is 17.6 Å². The molecule has 1 saturated carbocycles. The summed E-state index contributed by atoms with van der Waals surface area (Å²) < 4.78 is 27.2. The zero-order chi connectivity index (χ0) is 27.9. The van der Waals surface area contributed by atoms with E-state index in [0.29, 0.717) is 35.6 Å². The first kappa shape index (κ1) is 27.5. The van der Waals surface area contributed by atoms with Gasteiger partial charge in [-0.25, -0.2) is 13.8 Å². The number of aliphatic hydroxyl groups is 2. The van der Waals surface area contributed by atoms with Crippen LogP contribution in [0.4, 0.5) is 19.6 Å². The monoisotopic (exact) mass is 557 g/mol. The second-order valence-electron chi connectivity index (χ2n) is 11.3. The van der Waals surface area contributed by atoms with Crippen LogP contribution in [-0.4, -0.2) is 38.9 Å². The van der Waals surface area contributed by atoms with Crippen LogP contribution in [0.5, 0.6) is 5.75 Å². The highest BCUT2D eigenvalue weighted by Gasteiger charge is 2.59. The minimum absolute atomic E-state index is 0.0122. The number of carbonyl (C=O) groups excluding carboxylic acids is 1. The normalized spacial score (nSPS) is 27.9. The molecule has 1 amide bonds. The fraction of sp³-hybridized carbons (Fsp3) is 0.448. The Bertz CT molecular complexity index is 1360. The van der Waals surface area contributed by atoms with Gasteiger partial charge in [0.25, 0.3) is 0 Å². The molecule has 1 aromatic heterocycles. The maximum Gasteiger partial charge on any atom is 0.220 e. The van der Waals surface area contributed by atoms with E-state index >= 15 is 0 Å².